The van der Waals surface area contributed by atoms with Gasteiger partial charge in [0.05, 0.1) is 11.6 Å². The third-order valence-corrected chi connectivity index (χ3v) is 3.26. The average molecular weight is 196 g/mol. The smallest absolute Gasteiger partial charge is 0.172 e. The highest BCUT2D eigenvalue weighted by Crippen LogP contribution is 2.29. The summed E-state index contributed by atoms with van der Waals surface area (Å²) in [5.74, 6) is 0.155. The largest absolute Gasteiger partial charge is 0.319 e. The molecule has 0 aromatic carbocycles. The summed E-state index contributed by atoms with van der Waals surface area (Å²) in [6, 6.07) is -0.188. The van der Waals surface area contributed by atoms with Crippen LogP contribution in [0.15, 0.2) is 0 Å². The molecule has 3 N–H and O–H groups in total. The molecule has 1 atom stereocenters. The maximum Gasteiger partial charge on any atom is 0.172 e. The fraction of sp³-hybridized carbons (Fsp3) is 0.900. The van der Waals surface area contributed by atoms with E-state index in [9.17, 15) is 4.79 Å². The van der Waals surface area contributed by atoms with Gasteiger partial charge >= 0.3 is 0 Å². The van der Waals surface area contributed by atoms with Crippen LogP contribution in [0.3, 0.4) is 0 Å². The Balaban J connectivity index is 1.98. The molecular weight excluding hydrogens is 178 g/mol. The molecule has 2 aliphatic rings. The predicted octanol–water partition coefficient (Wildman–Crippen LogP) is -0.597. The second-order valence-electron chi connectivity index (χ2n) is 4.35. The molecule has 1 saturated carbocycles. The third kappa shape index (κ3) is 1.82. The monoisotopic (exact) mass is 196 g/mol. The number of carbonyl (C=O) groups excluding carboxylic acids is 1. The first-order chi connectivity index (χ1) is 6.72. The second-order valence-corrected chi connectivity index (χ2v) is 4.35. The van der Waals surface area contributed by atoms with Crippen LogP contribution in [0.5, 0.6) is 0 Å². The van der Waals surface area contributed by atoms with Gasteiger partial charge in [-0.2, -0.15) is 0 Å². The van der Waals surface area contributed by atoms with E-state index >= 15 is 0 Å². The highest BCUT2D eigenvalue weighted by molar-refractivity contribution is 5.93. The van der Waals surface area contributed by atoms with Crippen LogP contribution in [0.2, 0.25) is 0 Å². The molecule has 2 fully saturated rings. The summed E-state index contributed by atoms with van der Waals surface area (Å²) < 4.78 is 0. The quantitative estimate of drug-likeness (QED) is 0.620. The Morgan fingerprint density at radius 2 is 2.14 bits per heavy atom. The highest BCUT2D eigenvalue weighted by Gasteiger charge is 2.41. The van der Waals surface area contributed by atoms with Crippen LogP contribution in [-0.2, 0) is 4.79 Å². The van der Waals surface area contributed by atoms with E-state index in [1.165, 1.54) is 0 Å². The number of piperazine rings is 1. The number of hydrogen-bond donors (Lipinski definition) is 2. The summed E-state index contributed by atoms with van der Waals surface area (Å²) in [5, 5.41) is 7.51. The molecule has 79 valence electrons. The first-order valence-corrected chi connectivity index (χ1v) is 5.43. The van der Waals surface area contributed by atoms with Crippen LogP contribution in [0.25, 0.3) is 0 Å². The molecule has 0 aromatic rings. The van der Waals surface area contributed by atoms with Crippen molar-refractivity contribution in [2.75, 3.05) is 19.6 Å². The molecule has 14 heavy (non-hydrogen) atoms. The molecule has 1 heterocycles. The van der Waals surface area contributed by atoms with Crippen LogP contribution in [-0.4, -0.2) is 37.0 Å². The first-order valence-electron chi connectivity index (χ1n) is 5.43. The van der Waals surface area contributed by atoms with E-state index in [1.807, 2.05) is 0 Å². The molecule has 4 nitrogen and oxygen atoms in total. The normalized spacial score (nSPS) is 31.6. The Kier molecular flexibility index (Phi) is 2.85. The summed E-state index contributed by atoms with van der Waals surface area (Å²) in [7, 11) is 0. The van der Waals surface area contributed by atoms with Gasteiger partial charge in [-0.15, -0.1) is 0 Å². The van der Waals surface area contributed by atoms with Gasteiger partial charge in [-0.25, -0.2) is 5.32 Å². The Hall–Kier alpha value is -0.450. The summed E-state index contributed by atoms with van der Waals surface area (Å²) >= 11 is 0. The lowest BCUT2D eigenvalue weighted by Gasteiger charge is -2.29. The van der Waals surface area contributed by atoms with E-state index in [0.717, 1.165) is 38.8 Å². The van der Waals surface area contributed by atoms with Crippen molar-refractivity contribution in [3.05, 3.63) is 0 Å². The van der Waals surface area contributed by atoms with Gasteiger partial charge in [-0.05, 0) is 12.8 Å². The number of ketones is 1. The van der Waals surface area contributed by atoms with Gasteiger partial charge < -0.3 is 11.1 Å². The number of Topliss-reactive ketones (excluding diaryl/α,β-unsaturated/α-hetero) is 1. The Morgan fingerprint density at radius 1 is 1.43 bits per heavy atom. The molecular formula is C10H18N3O. The fourth-order valence-corrected chi connectivity index (χ4v) is 2.36. The van der Waals surface area contributed by atoms with Crippen molar-refractivity contribution < 1.29 is 4.79 Å². The Labute approximate surface area is 84.6 Å². The minimum Gasteiger partial charge on any atom is -0.319 e. The van der Waals surface area contributed by atoms with Crippen molar-refractivity contribution in [3.63, 3.8) is 0 Å². The molecule has 1 aliphatic carbocycles. The van der Waals surface area contributed by atoms with Crippen molar-refractivity contribution >= 4 is 5.78 Å². The van der Waals surface area contributed by atoms with Crippen LogP contribution in [0, 0.1) is 0 Å². The van der Waals surface area contributed by atoms with Gasteiger partial charge in [-0.1, -0.05) is 12.8 Å². The number of nitrogens with two attached hydrogens (primary N) is 1. The SMILES string of the molecule is NC1(C(=O)C2CNCC[N]2)CCCC1. The molecule has 1 aliphatic heterocycles. The van der Waals surface area contributed by atoms with E-state index in [4.69, 9.17) is 5.73 Å². The lowest BCUT2D eigenvalue weighted by atomic mass is 9.88. The molecule has 1 unspecified atom stereocenters. The molecule has 4 heteroatoms. The number of hydrogen-bond acceptors (Lipinski definition) is 3. The molecule has 0 bridgehead atoms. The van der Waals surface area contributed by atoms with Gasteiger partial charge in [0.15, 0.2) is 5.78 Å². The highest BCUT2D eigenvalue weighted by atomic mass is 16.1. The minimum atomic E-state index is -0.562. The lowest BCUT2D eigenvalue weighted by molar-refractivity contribution is -0.126. The third-order valence-electron chi connectivity index (χ3n) is 3.26. The number of nitrogens with one attached hydrogen (secondary N) is 1. The number of carbonyl (C=O) groups is 1. The predicted molar refractivity (Wildman–Crippen MR) is 54.1 cm³/mol. The first kappa shape index (κ1) is 10.1. The maximum atomic E-state index is 12.1. The zero-order valence-corrected chi connectivity index (χ0v) is 8.46. The summed E-state index contributed by atoms with van der Waals surface area (Å²) in [6.07, 6.45) is 3.86. The summed E-state index contributed by atoms with van der Waals surface area (Å²) in [6.45, 7) is 2.31. The molecule has 0 aromatic heterocycles. The van der Waals surface area contributed by atoms with E-state index in [1.54, 1.807) is 0 Å². The fourth-order valence-electron chi connectivity index (χ4n) is 2.36. The van der Waals surface area contributed by atoms with Crippen LogP contribution < -0.4 is 16.4 Å². The zero-order valence-electron chi connectivity index (χ0n) is 8.46. The van der Waals surface area contributed by atoms with Crippen molar-refractivity contribution in [2.24, 2.45) is 5.73 Å². The van der Waals surface area contributed by atoms with E-state index < -0.39 is 5.54 Å². The van der Waals surface area contributed by atoms with E-state index in [-0.39, 0.29) is 11.8 Å². The zero-order chi connectivity index (χ0) is 10.0. The van der Waals surface area contributed by atoms with E-state index in [0.29, 0.717) is 6.54 Å². The summed E-state index contributed by atoms with van der Waals surface area (Å²) in [4.78, 5) is 12.1. The maximum absolute atomic E-state index is 12.1. The van der Waals surface area contributed by atoms with Crippen molar-refractivity contribution in [1.82, 2.24) is 10.6 Å². The lowest BCUT2D eigenvalue weighted by Crippen LogP contribution is -2.58. The topological polar surface area (TPSA) is 69.2 Å². The van der Waals surface area contributed by atoms with Gasteiger partial charge in [0.1, 0.15) is 0 Å². The molecule has 1 radical (unpaired) electrons. The average Bonchev–Trinajstić information content (AvgIpc) is 2.67. The second kappa shape index (κ2) is 3.96. The van der Waals surface area contributed by atoms with Crippen LogP contribution >= 0.6 is 0 Å². The van der Waals surface area contributed by atoms with Gasteiger partial charge in [0, 0.05) is 19.6 Å². The minimum absolute atomic E-state index is 0.155. The van der Waals surface area contributed by atoms with Gasteiger partial charge in [0.2, 0.25) is 0 Å². The van der Waals surface area contributed by atoms with Crippen molar-refractivity contribution in [1.29, 1.82) is 0 Å². The molecule has 0 amide bonds. The molecule has 2 rings (SSSR count). The number of rotatable bonds is 2. The van der Waals surface area contributed by atoms with Gasteiger partial charge in [-0.3, -0.25) is 4.79 Å². The Morgan fingerprint density at radius 3 is 2.71 bits per heavy atom. The van der Waals surface area contributed by atoms with Crippen molar-refractivity contribution in [3.8, 4) is 0 Å². The standard InChI is InChI=1S/C10H18N3O/c11-10(3-1-2-4-10)9(14)8-7-12-5-6-13-8/h8,12H,1-7,11H2. The van der Waals surface area contributed by atoms with Crippen LogP contribution in [0.4, 0.5) is 0 Å². The molecule has 1 saturated heterocycles. The van der Waals surface area contributed by atoms with Crippen molar-refractivity contribution in [2.45, 2.75) is 37.3 Å². The summed E-state index contributed by atoms with van der Waals surface area (Å²) in [5.41, 5.74) is 5.53. The Bertz CT molecular complexity index is 217. The van der Waals surface area contributed by atoms with Gasteiger partial charge in [0.25, 0.3) is 0 Å². The van der Waals surface area contributed by atoms with Crippen LogP contribution in [0.1, 0.15) is 25.7 Å². The van der Waals surface area contributed by atoms with E-state index in [2.05, 4.69) is 10.6 Å². The molecule has 0 spiro atoms. The number of nitrogens with zero attached hydrogens (tertiary/aromatic N) is 1.